The van der Waals surface area contributed by atoms with E-state index in [0.29, 0.717) is 5.82 Å². The molecule has 10 aromatic rings. The van der Waals surface area contributed by atoms with Crippen LogP contribution in [0.25, 0.3) is 94.5 Å². The zero-order valence-electron chi connectivity index (χ0n) is 27.0. The van der Waals surface area contributed by atoms with E-state index in [2.05, 4.69) is 138 Å². The molecule has 0 bridgehead atoms. The summed E-state index contributed by atoms with van der Waals surface area (Å²) in [5.74, 6) is 0.705. The van der Waals surface area contributed by atoms with Crippen LogP contribution in [-0.2, 0) is 0 Å². The topological polar surface area (TPSA) is 43.9 Å². The molecule has 0 aliphatic rings. The summed E-state index contributed by atoms with van der Waals surface area (Å²) in [6.07, 6.45) is 0. The van der Waals surface area contributed by atoms with Gasteiger partial charge in [-0.25, -0.2) is 9.97 Å². The van der Waals surface area contributed by atoms with Crippen molar-refractivity contribution in [3.63, 3.8) is 0 Å². The number of para-hydroxylation sites is 2. The van der Waals surface area contributed by atoms with Gasteiger partial charge in [-0.05, 0) is 47.5 Å². The van der Waals surface area contributed by atoms with Crippen molar-refractivity contribution in [2.75, 3.05) is 0 Å². The standard InChI is InChI=1S/C46H29N3O/c1-4-14-30(15-5-1)37-28-42-44(36-21-11-13-23-41(36)50-42)45-43(37)35-20-10-12-22-40(35)49(45)34-26-24-32(25-27-34)39-29-38(31-16-6-2-7-17-31)47-46(48-39)33-18-8-3-9-19-33/h1-29H. The quantitative estimate of drug-likeness (QED) is 0.188. The smallest absolute Gasteiger partial charge is 0.160 e. The predicted molar refractivity (Wildman–Crippen MR) is 205 cm³/mol. The average molecular weight is 640 g/mol. The van der Waals surface area contributed by atoms with Crippen LogP contribution in [0.2, 0.25) is 0 Å². The Morgan fingerprint density at radius 1 is 0.420 bits per heavy atom. The Hall–Kier alpha value is -6.78. The van der Waals surface area contributed by atoms with Crippen LogP contribution in [0, 0.1) is 0 Å². The Morgan fingerprint density at radius 2 is 0.980 bits per heavy atom. The third-order valence-electron chi connectivity index (χ3n) is 9.61. The Kier molecular flexibility index (Phi) is 6.46. The van der Waals surface area contributed by atoms with Gasteiger partial charge in [0.15, 0.2) is 5.82 Å². The maximum absolute atomic E-state index is 6.55. The summed E-state index contributed by atoms with van der Waals surface area (Å²) in [4.78, 5) is 10.1. The van der Waals surface area contributed by atoms with Crippen LogP contribution < -0.4 is 0 Å². The fourth-order valence-corrected chi connectivity index (χ4v) is 7.33. The molecule has 7 aromatic carbocycles. The number of nitrogens with zero attached hydrogens (tertiary/aromatic N) is 3. The van der Waals surface area contributed by atoms with Gasteiger partial charge in [-0.2, -0.15) is 0 Å². The van der Waals surface area contributed by atoms with E-state index in [-0.39, 0.29) is 0 Å². The number of aromatic nitrogens is 3. The van der Waals surface area contributed by atoms with Crippen LogP contribution >= 0.6 is 0 Å². The first kappa shape index (κ1) is 28.3. The van der Waals surface area contributed by atoms with E-state index in [1.807, 2.05) is 42.5 Å². The molecule has 0 radical (unpaired) electrons. The minimum absolute atomic E-state index is 0.705. The molecular weight excluding hydrogens is 611 g/mol. The van der Waals surface area contributed by atoms with Gasteiger partial charge in [0.05, 0.1) is 27.8 Å². The van der Waals surface area contributed by atoms with E-state index < -0.39 is 0 Å². The Labute approximate surface area is 288 Å². The van der Waals surface area contributed by atoms with E-state index in [1.165, 1.54) is 10.8 Å². The van der Waals surface area contributed by atoms with Crippen molar-refractivity contribution in [1.29, 1.82) is 0 Å². The first-order valence-corrected chi connectivity index (χ1v) is 16.8. The first-order valence-electron chi connectivity index (χ1n) is 16.8. The molecule has 4 heteroatoms. The van der Waals surface area contributed by atoms with Crippen molar-refractivity contribution in [2.45, 2.75) is 0 Å². The molecule has 0 fully saturated rings. The largest absolute Gasteiger partial charge is 0.456 e. The van der Waals surface area contributed by atoms with Crippen LogP contribution in [0.1, 0.15) is 0 Å². The lowest BCUT2D eigenvalue weighted by atomic mass is 9.97. The number of rotatable bonds is 5. The Bertz CT molecular complexity index is 2780. The van der Waals surface area contributed by atoms with Crippen molar-refractivity contribution in [1.82, 2.24) is 14.5 Å². The molecule has 234 valence electrons. The van der Waals surface area contributed by atoms with E-state index in [9.17, 15) is 0 Å². The van der Waals surface area contributed by atoms with Gasteiger partial charge in [-0.3, -0.25) is 0 Å². The maximum atomic E-state index is 6.55. The third-order valence-corrected chi connectivity index (χ3v) is 9.61. The average Bonchev–Trinajstić information content (AvgIpc) is 3.74. The molecule has 0 aliphatic heterocycles. The van der Waals surface area contributed by atoms with Crippen molar-refractivity contribution >= 4 is 43.7 Å². The summed E-state index contributed by atoms with van der Waals surface area (Å²) in [6, 6.07) is 61.2. The fraction of sp³-hybridized carbons (Fsp3) is 0. The van der Waals surface area contributed by atoms with Crippen molar-refractivity contribution in [3.05, 3.63) is 176 Å². The van der Waals surface area contributed by atoms with E-state index in [0.717, 1.165) is 77.9 Å². The van der Waals surface area contributed by atoms with Gasteiger partial charge >= 0.3 is 0 Å². The highest BCUT2D eigenvalue weighted by molar-refractivity contribution is 6.28. The summed E-state index contributed by atoms with van der Waals surface area (Å²) in [6.45, 7) is 0. The second-order valence-electron chi connectivity index (χ2n) is 12.6. The van der Waals surface area contributed by atoms with Crippen LogP contribution in [-0.4, -0.2) is 14.5 Å². The van der Waals surface area contributed by atoms with Crippen molar-refractivity contribution < 1.29 is 4.42 Å². The summed E-state index contributed by atoms with van der Waals surface area (Å²) in [7, 11) is 0. The molecule has 10 rings (SSSR count). The second-order valence-corrected chi connectivity index (χ2v) is 12.6. The predicted octanol–water partition coefficient (Wildman–Crippen LogP) is 12.1. The first-order chi connectivity index (χ1) is 24.8. The zero-order valence-corrected chi connectivity index (χ0v) is 27.0. The minimum atomic E-state index is 0.705. The highest BCUT2D eigenvalue weighted by Gasteiger charge is 2.23. The molecule has 0 atom stereocenters. The lowest BCUT2D eigenvalue weighted by Crippen LogP contribution is -1.97. The molecule has 50 heavy (non-hydrogen) atoms. The van der Waals surface area contributed by atoms with E-state index in [4.69, 9.17) is 14.4 Å². The van der Waals surface area contributed by atoms with Crippen molar-refractivity contribution in [2.24, 2.45) is 0 Å². The Morgan fingerprint density at radius 3 is 1.68 bits per heavy atom. The van der Waals surface area contributed by atoms with Gasteiger partial charge in [0.25, 0.3) is 0 Å². The molecule has 0 unspecified atom stereocenters. The summed E-state index contributed by atoms with van der Waals surface area (Å²) in [5, 5.41) is 4.64. The van der Waals surface area contributed by atoms with Gasteiger partial charge in [-0.15, -0.1) is 0 Å². The van der Waals surface area contributed by atoms with Crippen molar-refractivity contribution in [3.8, 4) is 50.7 Å². The van der Waals surface area contributed by atoms with Gasteiger partial charge in [0.1, 0.15) is 11.2 Å². The zero-order chi connectivity index (χ0) is 33.0. The summed E-state index contributed by atoms with van der Waals surface area (Å²) < 4.78 is 8.95. The number of fused-ring (bicyclic) bond motifs is 7. The molecule has 0 spiro atoms. The minimum Gasteiger partial charge on any atom is -0.456 e. The number of hydrogen-bond donors (Lipinski definition) is 0. The molecule has 0 N–H and O–H groups in total. The SMILES string of the molecule is c1ccc(-c2cc(-c3ccc(-n4c5ccccc5c5c(-c6ccccc6)cc6oc7ccccc7c6c54)cc3)nc(-c3ccccc3)n2)cc1. The highest BCUT2D eigenvalue weighted by atomic mass is 16.3. The molecular formula is C46H29N3O. The van der Waals surface area contributed by atoms with Gasteiger partial charge in [0.2, 0.25) is 0 Å². The van der Waals surface area contributed by atoms with Crippen LogP contribution in [0.3, 0.4) is 0 Å². The second kappa shape index (κ2) is 11.4. The monoisotopic (exact) mass is 639 g/mol. The highest BCUT2D eigenvalue weighted by Crippen LogP contribution is 2.45. The maximum Gasteiger partial charge on any atom is 0.160 e. The van der Waals surface area contributed by atoms with E-state index in [1.54, 1.807) is 0 Å². The molecule has 0 saturated heterocycles. The molecule has 3 heterocycles. The lowest BCUT2D eigenvalue weighted by Gasteiger charge is -2.12. The van der Waals surface area contributed by atoms with Crippen LogP contribution in [0.15, 0.2) is 180 Å². The third kappa shape index (κ3) is 4.54. The lowest BCUT2D eigenvalue weighted by molar-refractivity contribution is 0.669. The molecule has 3 aromatic heterocycles. The number of benzene rings is 7. The Balaban J connectivity index is 1.22. The molecule has 0 amide bonds. The normalized spacial score (nSPS) is 11.6. The van der Waals surface area contributed by atoms with Crippen LogP contribution in [0.5, 0.6) is 0 Å². The summed E-state index contributed by atoms with van der Waals surface area (Å²) in [5.41, 5.74) is 12.3. The fourth-order valence-electron chi connectivity index (χ4n) is 7.33. The molecule has 4 nitrogen and oxygen atoms in total. The molecule has 0 aliphatic carbocycles. The van der Waals surface area contributed by atoms with Gasteiger partial charge in [0, 0.05) is 38.5 Å². The molecule has 0 saturated carbocycles. The summed E-state index contributed by atoms with van der Waals surface area (Å²) >= 11 is 0. The number of furan rings is 1. The van der Waals surface area contributed by atoms with E-state index >= 15 is 0 Å². The van der Waals surface area contributed by atoms with Crippen LogP contribution in [0.4, 0.5) is 0 Å². The number of hydrogen-bond acceptors (Lipinski definition) is 3. The van der Waals surface area contributed by atoms with Gasteiger partial charge in [-0.1, -0.05) is 140 Å². The van der Waals surface area contributed by atoms with Gasteiger partial charge < -0.3 is 8.98 Å².